The molecule has 1 atom stereocenters. The van der Waals surface area contributed by atoms with Crippen molar-refractivity contribution in [1.29, 1.82) is 0 Å². The van der Waals surface area contributed by atoms with Crippen LogP contribution in [0.3, 0.4) is 0 Å². The Labute approximate surface area is 104 Å². The Kier molecular flexibility index (Phi) is 6.93. The van der Waals surface area contributed by atoms with Crippen LogP contribution in [0.15, 0.2) is 30.3 Å². The largest absolute Gasteiger partial charge is 0.494 e. The van der Waals surface area contributed by atoms with Crippen LogP contribution in [0.4, 0.5) is 0 Å². The molecule has 0 spiro atoms. The van der Waals surface area contributed by atoms with E-state index in [-0.39, 0.29) is 0 Å². The Morgan fingerprint density at radius 1 is 1.29 bits per heavy atom. The highest BCUT2D eigenvalue weighted by molar-refractivity contribution is 5.20. The average molecular weight is 231 g/mol. The summed E-state index contributed by atoms with van der Waals surface area (Å²) in [6.07, 6.45) is 9.29. The molecule has 0 amide bonds. The van der Waals surface area contributed by atoms with Crippen LogP contribution in [-0.4, -0.2) is 19.7 Å². The number of hydrogen-bond acceptors (Lipinski definition) is 2. The smallest absolute Gasteiger partial charge is 0.119 e. The summed E-state index contributed by atoms with van der Waals surface area (Å²) in [6.45, 7) is 0.742. The minimum Gasteiger partial charge on any atom is -0.494 e. The quantitative estimate of drug-likeness (QED) is 0.548. The van der Waals surface area contributed by atoms with Crippen LogP contribution in [0.1, 0.15) is 25.7 Å². The topological polar surface area (TPSA) is 21.3 Å². The van der Waals surface area contributed by atoms with Crippen molar-refractivity contribution in [3.8, 4) is 18.1 Å². The van der Waals surface area contributed by atoms with E-state index < -0.39 is 0 Å². The molecule has 0 bridgehead atoms. The van der Waals surface area contributed by atoms with Gasteiger partial charge in [-0.1, -0.05) is 18.2 Å². The fourth-order valence-corrected chi connectivity index (χ4v) is 1.72. The molecule has 0 radical (unpaired) electrons. The van der Waals surface area contributed by atoms with Crippen LogP contribution in [0, 0.1) is 12.3 Å². The predicted molar refractivity (Wildman–Crippen MR) is 72.1 cm³/mol. The number of ether oxygens (including phenoxy) is 1. The fourth-order valence-electron chi connectivity index (χ4n) is 1.72. The number of terminal acetylenes is 1. The summed E-state index contributed by atoms with van der Waals surface area (Å²) in [7, 11) is 1.99. The maximum absolute atomic E-state index is 5.66. The summed E-state index contributed by atoms with van der Waals surface area (Å²) in [5.41, 5.74) is 0. The zero-order valence-corrected chi connectivity index (χ0v) is 10.5. The van der Waals surface area contributed by atoms with Crippen LogP contribution in [0.5, 0.6) is 5.75 Å². The van der Waals surface area contributed by atoms with E-state index >= 15 is 0 Å². The third-order valence-electron chi connectivity index (χ3n) is 2.76. The summed E-state index contributed by atoms with van der Waals surface area (Å²) >= 11 is 0. The van der Waals surface area contributed by atoms with Crippen molar-refractivity contribution in [2.24, 2.45) is 0 Å². The van der Waals surface area contributed by atoms with Crippen molar-refractivity contribution in [1.82, 2.24) is 5.32 Å². The first-order valence-corrected chi connectivity index (χ1v) is 6.15. The molecule has 92 valence electrons. The number of nitrogens with one attached hydrogen (secondary N) is 1. The van der Waals surface area contributed by atoms with Crippen LogP contribution in [-0.2, 0) is 0 Å². The molecule has 17 heavy (non-hydrogen) atoms. The van der Waals surface area contributed by atoms with E-state index in [2.05, 4.69) is 11.2 Å². The lowest BCUT2D eigenvalue weighted by Crippen LogP contribution is -2.27. The van der Waals surface area contributed by atoms with Gasteiger partial charge in [0.15, 0.2) is 0 Å². The molecule has 0 aliphatic heterocycles. The Hall–Kier alpha value is -1.46. The molecule has 0 saturated carbocycles. The van der Waals surface area contributed by atoms with Gasteiger partial charge in [0.05, 0.1) is 6.61 Å². The Morgan fingerprint density at radius 2 is 2.06 bits per heavy atom. The van der Waals surface area contributed by atoms with Gasteiger partial charge in [-0.05, 0) is 38.4 Å². The van der Waals surface area contributed by atoms with Gasteiger partial charge in [-0.15, -0.1) is 12.3 Å². The number of rotatable bonds is 8. The number of benzene rings is 1. The van der Waals surface area contributed by atoms with E-state index in [9.17, 15) is 0 Å². The highest BCUT2D eigenvalue weighted by Crippen LogP contribution is 2.10. The zero-order valence-electron chi connectivity index (χ0n) is 10.5. The third kappa shape index (κ3) is 5.99. The lowest BCUT2D eigenvalue weighted by Gasteiger charge is -2.15. The van der Waals surface area contributed by atoms with Crippen molar-refractivity contribution in [2.75, 3.05) is 13.7 Å². The first-order chi connectivity index (χ1) is 8.36. The maximum Gasteiger partial charge on any atom is 0.119 e. The van der Waals surface area contributed by atoms with Crippen LogP contribution in [0.25, 0.3) is 0 Å². The van der Waals surface area contributed by atoms with Crippen molar-refractivity contribution in [3.05, 3.63) is 30.3 Å². The van der Waals surface area contributed by atoms with Gasteiger partial charge in [0.25, 0.3) is 0 Å². The monoisotopic (exact) mass is 231 g/mol. The van der Waals surface area contributed by atoms with Gasteiger partial charge in [-0.3, -0.25) is 0 Å². The predicted octanol–water partition coefficient (Wildman–Crippen LogP) is 2.85. The van der Waals surface area contributed by atoms with E-state index in [0.717, 1.165) is 38.0 Å². The van der Waals surface area contributed by atoms with E-state index in [1.807, 2.05) is 37.4 Å². The molecule has 0 aliphatic rings. The summed E-state index contributed by atoms with van der Waals surface area (Å²) in [5.74, 6) is 3.61. The second-order valence-corrected chi connectivity index (χ2v) is 4.03. The Morgan fingerprint density at radius 3 is 2.71 bits per heavy atom. The fraction of sp³-hybridized carbons (Fsp3) is 0.467. The normalized spacial score (nSPS) is 11.8. The third-order valence-corrected chi connectivity index (χ3v) is 2.76. The molecule has 1 rings (SSSR count). The second kappa shape index (κ2) is 8.66. The van der Waals surface area contributed by atoms with Gasteiger partial charge in [-0.2, -0.15) is 0 Å². The molecule has 1 N–H and O–H groups in total. The summed E-state index contributed by atoms with van der Waals surface area (Å²) < 4.78 is 5.66. The second-order valence-electron chi connectivity index (χ2n) is 4.03. The Bertz CT molecular complexity index is 329. The molecule has 0 aliphatic carbocycles. The highest BCUT2D eigenvalue weighted by Gasteiger charge is 2.05. The van der Waals surface area contributed by atoms with Crippen molar-refractivity contribution >= 4 is 0 Å². The van der Waals surface area contributed by atoms with Gasteiger partial charge in [0.1, 0.15) is 5.75 Å². The first kappa shape index (κ1) is 13.6. The SMILES string of the molecule is C#CCCCC(CCOc1ccccc1)NC. The molecule has 0 aromatic heterocycles. The molecule has 0 saturated heterocycles. The van der Waals surface area contributed by atoms with Gasteiger partial charge in [0, 0.05) is 12.5 Å². The van der Waals surface area contributed by atoms with Crippen molar-refractivity contribution in [2.45, 2.75) is 31.7 Å². The minimum atomic E-state index is 0.493. The lowest BCUT2D eigenvalue weighted by atomic mass is 10.1. The first-order valence-electron chi connectivity index (χ1n) is 6.15. The van der Waals surface area contributed by atoms with Crippen molar-refractivity contribution < 1.29 is 4.74 Å². The molecule has 1 aromatic rings. The molecular weight excluding hydrogens is 210 g/mol. The molecule has 0 heterocycles. The van der Waals surface area contributed by atoms with Gasteiger partial charge in [0.2, 0.25) is 0 Å². The van der Waals surface area contributed by atoms with E-state index in [1.165, 1.54) is 0 Å². The summed E-state index contributed by atoms with van der Waals surface area (Å²) in [4.78, 5) is 0. The number of para-hydroxylation sites is 1. The van der Waals surface area contributed by atoms with Gasteiger partial charge in [-0.25, -0.2) is 0 Å². The number of unbranched alkanes of at least 4 members (excludes halogenated alkanes) is 1. The molecule has 0 fully saturated rings. The van der Waals surface area contributed by atoms with E-state index in [1.54, 1.807) is 0 Å². The van der Waals surface area contributed by atoms with E-state index in [0.29, 0.717) is 6.04 Å². The highest BCUT2D eigenvalue weighted by atomic mass is 16.5. The maximum atomic E-state index is 5.66. The molecule has 2 nitrogen and oxygen atoms in total. The van der Waals surface area contributed by atoms with E-state index in [4.69, 9.17) is 11.2 Å². The molecular formula is C15H21NO. The van der Waals surface area contributed by atoms with Crippen LogP contribution in [0.2, 0.25) is 0 Å². The summed E-state index contributed by atoms with van der Waals surface area (Å²) in [6, 6.07) is 10.4. The van der Waals surface area contributed by atoms with Gasteiger partial charge < -0.3 is 10.1 Å². The Balaban J connectivity index is 2.17. The lowest BCUT2D eigenvalue weighted by molar-refractivity contribution is 0.284. The minimum absolute atomic E-state index is 0.493. The van der Waals surface area contributed by atoms with Gasteiger partial charge >= 0.3 is 0 Å². The summed E-state index contributed by atoms with van der Waals surface area (Å²) in [5, 5.41) is 3.30. The zero-order chi connectivity index (χ0) is 12.3. The molecule has 1 unspecified atom stereocenters. The molecule has 2 heteroatoms. The standard InChI is InChI=1S/C15H21NO/c1-3-4-6-9-14(16-2)12-13-17-15-10-7-5-8-11-15/h1,5,7-8,10-11,14,16H,4,6,9,12-13H2,2H3. The average Bonchev–Trinajstić information content (AvgIpc) is 2.38. The molecule has 1 aromatic carbocycles. The van der Waals surface area contributed by atoms with Crippen LogP contribution >= 0.6 is 0 Å². The van der Waals surface area contributed by atoms with Crippen LogP contribution < -0.4 is 10.1 Å². The van der Waals surface area contributed by atoms with Crippen molar-refractivity contribution in [3.63, 3.8) is 0 Å². The number of hydrogen-bond donors (Lipinski definition) is 1.